The highest BCUT2D eigenvalue weighted by atomic mass is 16.4. The second kappa shape index (κ2) is 11.2. The molecule has 0 radical (unpaired) electrons. The van der Waals surface area contributed by atoms with Crippen LogP contribution in [0.3, 0.4) is 0 Å². The molecule has 3 aromatic heterocycles. The van der Waals surface area contributed by atoms with Crippen LogP contribution >= 0.6 is 0 Å². The van der Waals surface area contributed by atoms with Gasteiger partial charge in [-0.3, -0.25) is 0 Å². The molecule has 0 N–H and O–H groups in total. The molecule has 0 aliphatic rings. The number of hydrogen-bond donors (Lipinski definition) is 0. The van der Waals surface area contributed by atoms with Gasteiger partial charge in [-0.05, 0) is 70.4 Å². The summed E-state index contributed by atoms with van der Waals surface area (Å²) in [5.74, 6) is 0.564. The van der Waals surface area contributed by atoms with Crippen LogP contribution in [0.4, 0.5) is 17.1 Å². The lowest BCUT2D eigenvalue weighted by Crippen LogP contribution is -2.10. The van der Waals surface area contributed by atoms with Gasteiger partial charge in [0.2, 0.25) is 5.89 Å². The van der Waals surface area contributed by atoms with Crippen LogP contribution in [0.25, 0.3) is 88.3 Å². The molecule has 0 fully saturated rings. The van der Waals surface area contributed by atoms with E-state index in [1.54, 1.807) is 0 Å². The van der Waals surface area contributed by atoms with Crippen LogP contribution < -0.4 is 4.90 Å². The molecule has 11 aromatic rings. The summed E-state index contributed by atoms with van der Waals surface area (Å²) in [6.45, 7) is 0. The van der Waals surface area contributed by atoms with Gasteiger partial charge in [-0.25, -0.2) is 4.98 Å². The summed E-state index contributed by atoms with van der Waals surface area (Å²) in [5, 5.41) is 6.49. The van der Waals surface area contributed by atoms with Gasteiger partial charge >= 0.3 is 0 Å². The average Bonchev–Trinajstić information content (AvgIpc) is 3.92. The van der Waals surface area contributed by atoms with Crippen LogP contribution in [0, 0.1) is 0 Å². The molecule has 0 aliphatic carbocycles. The molecule has 0 bridgehead atoms. The Morgan fingerprint density at radius 2 is 1.10 bits per heavy atom. The normalized spacial score (nSPS) is 11.8. The van der Waals surface area contributed by atoms with Crippen molar-refractivity contribution in [2.75, 3.05) is 4.90 Å². The topological polar surface area (TPSA) is 55.6 Å². The molecule has 8 aromatic carbocycles. The lowest BCUT2D eigenvalue weighted by molar-refractivity contribution is 0.619. The number of para-hydroxylation sites is 2. The van der Waals surface area contributed by atoms with E-state index >= 15 is 0 Å². The molecule has 0 unspecified atom stereocenters. The minimum Gasteiger partial charge on any atom is -0.456 e. The largest absolute Gasteiger partial charge is 0.456 e. The van der Waals surface area contributed by atoms with Crippen molar-refractivity contribution < 1.29 is 13.3 Å². The van der Waals surface area contributed by atoms with Crippen molar-refractivity contribution in [3.05, 3.63) is 170 Å². The Bertz CT molecular complexity index is 3130. The minimum absolute atomic E-state index is 0.564. The van der Waals surface area contributed by atoms with Crippen molar-refractivity contribution in [2.45, 2.75) is 0 Å². The molecule has 0 atom stereocenters. The van der Waals surface area contributed by atoms with E-state index in [4.69, 9.17) is 18.2 Å². The second-order valence-electron chi connectivity index (χ2n) is 13.1. The predicted octanol–water partition coefficient (Wildman–Crippen LogP) is 13.6. The Morgan fingerprint density at radius 1 is 0.423 bits per heavy atom. The Hall–Kier alpha value is -7.11. The fourth-order valence-corrected chi connectivity index (χ4v) is 7.68. The summed E-state index contributed by atoms with van der Waals surface area (Å²) in [7, 11) is 0. The van der Waals surface area contributed by atoms with E-state index in [0.717, 1.165) is 77.6 Å². The van der Waals surface area contributed by atoms with Gasteiger partial charge in [0.1, 0.15) is 22.3 Å². The maximum atomic E-state index is 6.76. The number of nitrogens with zero attached hydrogens (tertiary/aromatic N) is 2. The first-order valence-electron chi connectivity index (χ1n) is 17.4. The lowest BCUT2D eigenvalue weighted by atomic mass is 9.98. The Kier molecular flexibility index (Phi) is 6.18. The highest BCUT2D eigenvalue weighted by Crippen LogP contribution is 2.47. The average molecular weight is 669 g/mol. The van der Waals surface area contributed by atoms with E-state index in [1.807, 2.05) is 66.7 Å². The SMILES string of the molecule is c1ccc(-c2nc3c(cc(N(c4ccc(-c5cccc6ccccc56)cc4)c4ccc5c(c4)oc4ccccc45)c4oc5ccccc5c43)o2)cc1. The smallest absolute Gasteiger partial charge is 0.227 e. The summed E-state index contributed by atoms with van der Waals surface area (Å²) in [4.78, 5) is 7.28. The van der Waals surface area contributed by atoms with E-state index in [9.17, 15) is 0 Å². The molecule has 5 heteroatoms. The number of rotatable bonds is 5. The number of fused-ring (bicyclic) bond motifs is 9. The van der Waals surface area contributed by atoms with Gasteiger partial charge in [0.05, 0.1) is 16.8 Å². The molecule has 244 valence electrons. The highest BCUT2D eigenvalue weighted by molar-refractivity contribution is 6.21. The van der Waals surface area contributed by atoms with Crippen molar-refractivity contribution in [3.63, 3.8) is 0 Å². The van der Waals surface area contributed by atoms with Crippen LogP contribution in [0.1, 0.15) is 0 Å². The summed E-state index contributed by atoms with van der Waals surface area (Å²) in [5.41, 5.74) is 10.6. The molecule has 5 nitrogen and oxygen atoms in total. The molecule has 3 heterocycles. The molecular formula is C47H28N2O3. The number of aromatic nitrogens is 1. The van der Waals surface area contributed by atoms with Crippen LogP contribution in [-0.4, -0.2) is 4.98 Å². The van der Waals surface area contributed by atoms with Crippen LogP contribution in [-0.2, 0) is 0 Å². The first-order valence-corrected chi connectivity index (χ1v) is 17.4. The summed E-state index contributed by atoms with van der Waals surface area (Å²) in [6, 6.07) is 58.5. The first kappa shape index (κ1) is 28.7. The molecule has 52 heavy (non-hydrogen) atoms. The Morgan fingerprint density at radius 3 is 1.94 bits per heavy atom. The van der Waals surface area contributed by atoms with E-state index in [0.29, 0.717) is 11.5 Å². The lowest BCUT2D eigenvalue weighted by Gasteiger charge is -2.25. The minimum atomic E-state index is 0.564. The zero-order chi connectivity index (χ0) is 34.2. The molecule has 0 saturated heterocycles. The Labute approximate surface area is 297 Å². The molecule has 0 amide bonds. The van der Waals surface area contributed by atoms with Crippen molar-refractivity contribution >= 4 is 82.8 Å². The van der Waals surface area contributed by atoms with Gasteiger partial charge in [0, 0.05) is 39.5 Å². The summed E-state index contributed by atoms with van der Waals surface area (Å²) in [6.07, 6.45) is 0. The van der Waals surface area contributed by atoms with Crippen molar-refractivity contribution in [2.24, 2.45) is 0 Å². The quantitative estimate of drug-likeness (QED) is 0.183. The van der Waals surface area contributed by atoms with Gasteiger partial charge < -0.3 is 18.2 Å². The summed E-state index contributed by atoms with van der Waals surface area (Å²) >= 11 is 0. The maximum absolute atomic E-state index is 6.76. The molecule has 0 saturated carbocycles. The zero-order valence-corrected chi connectivity index (χ0v) is 27.8. The number of furan rings is 2. The third-order valence-electron chi connectivity index (χ3n) is 10.1. The molecule has 11 rings (SSSR count). The van der Waals surface area contributed by atoms with Crippen molar-refractivity contribution in [1.29, 1.82) is 0 Å². The predicted molar refractivity (Wildman–Crippen MR) is 212 cm³/mol. The molecular weight excluding hydrogens is 641 g/mol. The van der Waals surface area contributed by atoms with Gasteiger partial charge in [-0.15, -0.1) is 0 Å². The first-order chi connectivity index (χ1) is 25.8. The van der Waals surface area contributed by atoms with Crippen molar-refractivity contribution in [3.8, 4) is 22.6 Å². The molecule has 0 spiro atoms. The third kappa shape index (κ3) is 4.39. The fourth-order valence-electron chi connectivity index (χ4n) is 7.68. The Balaban J connectivity index is 1.17. The van der Waals surface area contributed by atoms with Crippen LogP contribution in [0.15, 0.2) is 183 Å². The van der Waals surface area contributed by atoms with E-state index in [-0.39, 0.29) is 0 Å². The number of oxazole rings is 1. The maximum Gasteiger partial charge on any atom is 0.227 e. The third-order valence-corrected chi connectivity index (χ3v) is 10.1. The molecule has 0 aliphatic heterocycles. The second-order valence-corrected chi connectivity index (χ2v) is 13.1. The van der Waals surface area contributed by atoms with E-state index in [2.05, 4.69) is 108 Å². The van der Waals surface area contributed by atoms with Gasteiger partial charge in [-0.1, -0.05) is 109 Å². The van der Waals surface area contributed by atoms with Gasteiger partial charge in [-0.2, -0.15) is 0 Å². The summed E-state index contributed by atoms with van der Waals surface area (Å²) < 4.78 is 19.7. The monoisotopic (exact) mass is 668 g/mol. The van der Waals surface area contributed by atoms with Crippen LogP contribution in [0.5, 0.6) is 0 Å². The van der Waals surface area contributed by atoms with E-state index in [1.165, 1.54) is 16.3 Å². The number of anilines is 3. The standard InChI is InChI=1S/C47H28N2O3/c1-2-12-31(13-3-1)47-48-45-43(52-47)28-39(46-44(45)38-17-7-9-20-41(38)51-46)49(33-25-26-37-36-16-6-8-19-40(36)50-42(37)27-33)32-23-21-30(22-24-32)35-18-10-14-29-11-4-5-15-34(29)35/h1-28H. The number of hydrogen-bond acceptors (Lipinski definition) is 5. The van der Waals surface area contributed by atoms with E-state index < -0.39 is 0 Å². The van der Waals surface area contributed by atoms with Crippen molar-refractivity contribution in [1.82, 2.24) is 4.98 Å². The zero-order valence-electron chi connectivity index (χ0n) is 27.8. The number of benzene rings is 8. The van der Waals surface area contributed by atoms with Gasteiger partial charge in [0.25, 0.3) is 0 Å². The van der Waals surface area contributed by atoms with Gasteiger partial charge in [0.15, 0.2) is 11.2 Å². The fraction of sp³-hybridized carbons (Fsp3) is 0. The highest BCUT2D eigenvalue weighted by Gasteiger charge is 2.25. The van der Waals surface area contributed by atoms with Crippen LogP contribution in [0.2, 0.25) is 0 Å².